The average Bonchev–Trinajstić information content (AvgIpc) is 2.95. The third-order valence-corrected chi connectivity index (χ3v) is 2.57. The van der Waals surface area contributed by atoms with Crippen LogP contribution in [0, 0.1) is 0 Å². The van der Waals surface area contributed by atoms with Crippen LogP contribution in [-0.4, -0.2) is 33.4 Å². The molecule has 0 aliphatic rings. The number of pyridine rings is 1. The van der Waals surface area contributed by atoms with Gasteiger partial charge >= 0.3 is 0 Å². The monoisotopic (exact) mass is 260 g/mol. The number of hydrogen-bond acceptors (Lipinski definition) is 6. The number of hydrogen-bond donors (Lipinski definition) is 1. The zero-order valence-corrected chi connectivity index (χ0v) is 10.2. The van der Waals surface area contributed by atoms with Crippen LogP contribution in [0.1, 0.15) is 24.0 Å². The normalized spacial score (nSPS) is 11.8. The smallest absolute Gasteiger partial charge is 0.296 e. The molecular weight excluding hydrogens is 248 g/mol. The van der Waals surface area contributed by atoms with E-state index in [4.69, 9.17) is 4.52 Å². The first-order chi connectivity index (χ1) is 9.26. The van der Waals surface area contributed by atoms with Gasteiger partial charge in [-0.25, -0.2) is 0 Å². The van der Waals surface area contributed by atoms with Crippen molar-refractivity contribution in [3.8, 4) is 11.4 Å². The predicted octanol–water partition coefficient (Wildman–Crippen LogP) is 0.839. The van der Waals surface area contributed by atoms with Crippen molar-refractivity contribution in [1.82, 2.24) is 20.4 Å². The van der Waals surface area contributed by atoms with Crippen molar-refractivity contribution in [1.29, 1.82) is 0 Å². The fourth-order valence-corrected chi connectivity index (χ4v) is 1.55. The van der Waals surface area contributed by atoms with E-state index >= 15 is 0 Å². The Labute approximate surface area is 109 Å². The molecule has 2 aromatic heterocycles. The second-order valence-corrected chi connectivity index (χ2v) is 3.77. The van der Waals surface area contributed by atoms with Crippen molar-refractivity contribution in [2.24, 2.45) is 0 Å². The van der Waals surface area contributed by atoms with E-state index in [9.17, 15) is 9.59 Å². The largest absolute Gasteiger partial charge is 0.348 e. The number of aromatic nitrogens is 3. The number of amides is 1. The molecule has 0 aromatic carbocycles. The Morgan fingerprint density at radius 3 is 2.84 bits per heavy atom. The van der Waals surface area contributed by atoms with Crippen LogP contribution in [0.25, 0.3) is 11.4 Å². The SMILES string of the molecule is CCC(NC=O)C(=O)c1nc(-c2ccncc2)no1. The molecule has 1 atom stereocenters. The molecule has 0 radical (unpaired) electrons. The van der Waals surface area contributed by atoms with Crippen molar-refractivity contribution in [2.75, 3.05) is 0 Å². The highest BCUT2D eigenvalue weighted by Gasteiger charge is 2.23. The molecule has 0 fully saturated rings. The quantitative estimate of drug-likeness (QED) is 0.610. The van der Waals surface area contributed by atoms with Crippen LogP contribution in [-0.2, 0) is 4.79 Å². The molecule has 19 heavy (non-hydrogen) atoms. The molecule has 1 amide bonds. The lowest BCUT2D eigenvalue weighted by molar-refractivity contribution is -0.110. The van der Waals surface area contributed by atoms with Gasteiger partial charge in [0.05, 0.1) is 6.04 Å². The lowest BCUT2D eigenvalue weighted by Gasteiger charge is -2.08. The van der Waals surface area contributed by atoms with Crippen LogP contribution < -0.4 is 5.32 Å². The van der Waals surface area contributed by atoms with Crippen LogP contribution >= 0.6 is 0 Å². The van der Waals surface area contributed by atoms with E-state index in [0.717, 1.165) is 0 Å². The topological polar surface area (TPSA) is 98.0 Å². The Kier molecular flexibility index (Phi) is 3.97. The molecule has 7 nitrogen and oxygen atoms in total. The van der Waals surface area contributed by atoms with E-state index in [1.165, 1.54) is 0 Å². The Morgan fingerprint density at radius 2 is 2.21 bits per heavy atom. The first-order valence-electron chi connectivity index (χ1n) is 5.74. The summed E-state index contributed by atoms with van der Waals surface area (Å²) in [5.41, 5.74) is 0.703. The molecule has 0 aliphatic heterocycles. The molecule has 0 spiro atoms. The average molecular weight is 260 g/mol. The first kappa shape index (κ1) is 12.9. The number of carbonyl (C=O) groups excluding carboxylic acids is 2. The Hall–Kier alpha value is -2.57. The van der Waals surface area contributed by atoms with Gasteiger partial charge in [-0.1, -0.05) is 12.1 Å². The van der Waals surface area contributed by atoms with Crippen LogP contribution in [0.4, 0.5) is 0 Å². The first-order valence-corrected chi connectivity index (χ1v) is 5.74. The second kappa shape index (κ2) is 5.85. The molecule has 0 bridgehead atoms. The zero-order chi connectivity index (χ0) is 13.7. The van der Waals surface area contributed by atoms with Gasteiger partial charge in [0.15, 0.2) is 0 Å². The highest BCUT2D eigenvalue weighted by Crippen LogP contribution is 2.15. The van der Waals surface area contributed by atoms with E-state index in [1.54, 1.807) is 31.5 Å². The summed E-state index contributed by atoms with van der Waals surface area (Å²) < 4.78 is 4.92. The summed E-state index contributed by atoms with van der Waals surface area (Å²) in [6.45, 7) is 1.78. The van der Waals surface area contributed by atoms with Crippen molar-refractivity contribution in [2.45, 2.75) is 19.4 Å². The van der Waals surface area contributed by atoms with Gasteiger partial charge in [0.25, 0.3) is 5.89 Å². The minimum absolute atomic E-state index is 0.118. The summed E-state index contributed by atoms with van der Waals surface area (Å²) in [6, 6.07) is 2.77. The van der Waals surface area contributed by atoms with Gasteiger partial charge in [0, 0.05) is 18.0 Å². The number of Topliss-reactive ketones (excluding diaryl/α,β-unsaturated/α-hetero) is 1. The fourth-order valence-electron chi connectivity index (χ4n) is 1.55. The third-order valence-electron chi connectivity index (χ3n) is 2.57. The lowest BCUT2D eigenvalue weighted by Crippen LogP contribution is -2.35. The van der Waals surface area contributed by atoms with Crippen molar-refractivity contribution in [3.63, 3.8) is 0 Å². The maximum atomic E-state index is 12.0. The minimum atomic E-state index is -0.650. The van der Waals surface area contributed by atoms with Gasteiger partial charge in [-0.05, 0) is 18.6 Å². The molecule has 2 heterocycles. The van der Waals surface area contributed by atoms with Gasteiger partial charge in [0.1, 0.15) is 0 Å². The number of carbonyl (C=O) groups is 2. The van der Waals surface area contributed by atoms with Gasteiger partial charge in [-0.2, -0.15) is 4.98 Å². The molecule has 2 rings (SSSR count). The van der Waals surface area contributed by atoms with Gasteiger partial charge < -0.3 is 9.84 Å². The Balaban J connectivity index is 2.21. The summed E-state index contributed by atoms with van der Waals surface area (Å²) in [6.07, 6.45) is 4.11. The minimum Gasteiger partial charge on any atom is -0.348 e. The number of rotatable bonds is 6. The Morgan fingerprint density at radius 1 is 1.47 bits per heavy atom. The maximum Gasteiger partial charge on any atom is 0.296 e. The predicted molar refractivity (Wildman–Crippen MR) is 65.1 cm³/mol. The van der Waals surface area contributed by atoms with Crippen molar-refractivity contribution < 1.29 is 14.1 Å². The van der Waals surface area contributed by atoms with E-state index in [0.29, 0.717) is 24.2 Å². The molecular formula is C12H12N4O3. The summed E-state index contributed by atoms with van der Waals surface area (Å²) in [7, 11) is 0. The standard InChI is InChI=1S/C12H12N4O3/c1-2-9(14-7-17)10(18)12-15-11(16-19-12)8-3-5-13-6-4-8/h3-7,9H,2H2,1H3,(H,14,17). The fraction of sp³-hybridized carbons (Fsp3) is 0.250. The van der Waals surface area contributed by atoms with E-state index in [2.05, 4.69) is 20.4 Å². The molecule has 0 aliphatic carbocycles. The zero-order valence-electron chi connectivity index (χ0n) is 10.2. The van der Waals surface area contributed by atoms with Gasteiger partial charge in [0.2, 0.25) is 18.0 Å². The molecule has 0 saturated carbocycles. The molecule has 1 N–H and O–H groups in total. The van der Waals surface area contributed by atoms with Crippen molar-refractivity contribution >= 4 is 12.2 Å². The van der Waals surface area contributed by atoms with E-state index in [1.807, 2.05) is 0 Å². The summed E-state index contributed by atoms with van der Waals surface area (Å²) in [5, 5.41) is 6.15. The number of ketones is 1. The lowest BCUT2D eigenvalue weighted by atomic mass is 10.1. The third kappa shape index (κ3) is 2.82. The van der Waals surface area contributed by atoms with Gasteiger partial charge in [-0.3, -0.25) is 14.6 Å². The highest BCUT2D eigenvalue weighted by molar-refractivity contribution is 5.97. The van der Waals surface area contributed by atoms with Crippen LogP contribution in [0.2, 0.25) is 0 Å². The highest BCUT2D eigenvalue weighted by atomic mass is 16.5. The number of nitrogens with one attached hydrogen (secondary N) is 1. The summed E-state index contributed by atoms with van der Waals surface area (Å²) >= 11 is 0. The van der Waals surface area contributed by atoms with Crippen LogP contribution in [0.15, 0.2) is 29.0 Å². The van der Waals surface area contributed by atoms with Crippen LogP contribution in [0.3, 0.4) is 0 Å². The van der Waals surface area contributed by atoms with Crippen LogP contribution in [0.5, 0.6) is 0 Å². The molecule has 1 unspecified atom stereocenters. The molecule has 98 valence electrons. The number of nitrogens with zero attached hydrogens (tertiary/aromatic N) is 3. The Bertz CT molecular complexity index is 567. The summed E-state index contributed by atoms with van der Waals surface area (Å²) in [5.74, 6) is -0.206. The van der Waals surface area contributed by atoms with E-state index in [-0.39, 0.29) is 5.89 Å². The molecule has 7 heteroatoms. The molecule has 2 aromatic rings. The molecule has 0 saturated heterocycles. The maximum absolute atomic E-state index is 12.0. The van der Waals surface area contributed by atoms with E-state index < -0.39 is 11.8 Å². The van der Waals surface area contributed by atoms with Gasteiger partial charge in [-0.15, -0.1) is 0 Å². The second-order valence-electron chi connectivity index (χ2n) is 3.77. The summed E-state index contributed by atoms with van der Waals surface area (Å²) in [4.78, 5) is 30.3. The van der Waals surface area contributed by atoms with Crippen molar-refractivity contribution in [3.05, 3.63) is 30.4 Å².